The third kappa shape index (κ3) is 6.54. The number of amides is 1. The van der Waals surface area contributed by atoms with Crippen molar-refractivity contribution in [3.63, 3.8) is 0 Å². The number of anilines is 2. The Labute approximate surface area is 184 Å². The molecule has 1 aliphatic rings. The van der Waals surface area contributed by atoms with E-state index in [1.165, 1.54) is 12.1 Å². The second kappa shape index (κ2) is 9.61. The predicted octanol–water partition coefficient (Wildman–Crippen LogP) is 4.90. The molecule has 0 saturated heterocycles. The molecule has 1 atom stereocenters. The number of nitrogens with one attached hydrogen (secondary N) is 2. The summed E-state index contributed by atoms with van der Waals surface area (Å²) in [5.74, 6) is -1.40. The molecule has 3 rings (SSSR count). The smallest absolute Gasteiger partial charge is 0.468 e. The standard InChI is InChI=1S/C21H19F6N3O3/c1-2-13-5-3-4-6-16(13)30-19(11-17(29-30)20(22,23)24)32-12-18(31)28-14-7-9-15(10-8-14)33-21(25,26)27/h3-11,17,29H,2,12H2,1H3,(H,28,31). The van der Waals surface area contributed by atoms with Crippen LogP contribution in [0.5, 0.6) is 5.75 Å². The minimum absolute atomic E-state index is 0.151. The van der Waals surface area contributed by atoms with Crippen molar-refractivity contribution in [2.75, 3.05) is 16.9 Å². The lowest BCUT2D eigenvalue weighted by atomic mass is 10.1. The fraction of sp³-hybridized carbons (Fsp3) is 0.286. The lowest BCUT2D eigenvalue weighted by Gasteiger charge is -2.26. The van der Waals surface area contributed by atoms with E-state index < -0.39 is 36.8 Å². The molecule has 1 aliphatic heterocycles. The number of para-hydroxylation sites is 1. The first-order valence-electron chi connectivity index (χ1n) is 9.67. The minimum atomic E-state index is -4.85. The fourth-order valence-electron chi connectivity index (χ4n) is 3.03. The molecule has 0 radical (unpaired) electrons. The van der Waals surface area contributed by atoms with Crippen LogP contribution in [0.4, 0.5) is 37.7 Å². The summed E-state index contributed by atoms with van der Waals surface area (Å²) in [5.41, 5.74) is 3.67. The Morgan fingerprint density at radius 3 is 2.33 bits per heavy atom. The first-order valence-corrected chi connectivity index (χ1v) is 9.67. The number of carbonyl (C=O) groups is 1. The van der Waals surface area contributed by atoms with Gasteiger partial charge in [0, 0.05) is 11.8 Å². The van der Waals surface area contributed by atoms with Crippen LogP contribution in [-0.2, 0) is 16.0 Å². The van der Waals surface area contributed by atoms with Crippen LogP contribution in [0.2, 0.25) is 0 Å². The highest BCUT2D eigenvalue weighted by Gasteiger charge is 2.44. The van der Waals surface area contributed by atoms with Crippen molar-refractivity contribution in [2.24, 2.45) is 0 Å². The van der Waals surface area contributed by atoms with E-state index in [-0.39, 0.29) is 11.6 Å². The second-order valence-electron chi connectivity index (χ2n) is 6.88. The van der Waals surface area contributed by atoms with E-state index in [0.29, 0.717) is 12.1 Å². The molecule has 0 aliphatic carbocycles. The Kier molecular flexibility index (Phi) is 7.06. The SMILES string of the molecule is CCc1ccccc1N1NC(C(F)(F)F)C=C1OCC(=O)Nc1ccc(OC(F)(F)F)cc1. The van der Waals surface area contributed by atoms with Gasteiger partial charge in [-0.1, -0.05) is 25.1 Å². The van der Waals surface area contributed by atoms with E-state index in [1.54, 1.807) is 24.3 Å². The van der Waals surface area contributed by atoms with Crippen LogP contribution >= 0.6 is 0 Å². The third-order valence-electron chi connectivity index (χ3n) is 4.49. The van der Waals surface area contributed by atoms with Gasteiger partial charge < -0.3 is 14.8 Å². The molecule has 12 heteroatoms. The van der Waals surface area contributed by atoms with Gasteiger partial charge in [0.2, 0.25) is 5.88 Å². The molecule has 0 bridgehead atoms. The molecule has 1 unspecified atom stereocenters. The van der Waals surface area contributed by atoms with Gasteiger partial charge in [-0.05, 0) is 42.3 Å². The molecular formula is C21H19F6N3O3. The number of ether oxygens (including phenoxy) is 2. The number of hydrogen-bond donors (Lipinski definition) is 2. The Morgan fingerprint density at radius 1 is 1.06 bits per heavy atom. The maximum Gasteiger partial charge on any atom is 0.573 e. The van der Waals surface area contributed by atoms with Gasteiger partial charge in [-0.15, -0.1) is 13.2 Å². The highest BCUT2D eigenvalue weighted by molar-refractivity contribution is 5.91. The van der Waals surface area contributed by atoms with Crippen LogP contribution in [0.25, 0.3) is 0 Å². The fourth-order valence-corrected chi connectivity index (χ4v) is 3.03. The van der Waals surface area contributed by atoms with E-state index in [4.69, 9.17) is 4.74 Å². The Hall–Kier alpha value is -3.41. The molecular weight excluding hydrogens is 456 g/mol. The molecule has 1 amide bonds. The highest BCUT2D eigenvalue weighted by Crippen LogP contribution is 2.32. The number of aryl methyl sites for hydroxylation is 1. The largest absolute Gasteiger partial charge is 0.573 e. The molecule has 2 aromatic rings. The second-order valence-corrected chi connectivity index (χ2v) is 6.88. The van der Waals surface area contributed by atoms with Gasteiger partial charge in [-0.25, -0.2) is 10.4 Å². The molecule has 1 heterocycles. The number of hydrogen-bond acceptors (Lipinski definition) is 5. The molecule has 0 saturated carbocycles. The minimum Gasteiger partial charge on any atom is -0.468 e. The molecule has 0 aromatic heterocycles. The van der Waals surface area contributed by atoms with Crippen LogP contribution in [0.15, 0.2) is 60.5 Å². The number of hydrazine groups is 1. The maximum absolute atomic E-state index is 13.3. The van der Waals surface area contributed by atoms with E-state index >= 15 is 0 Å². The Bertz CT molecular complexity index is 1010. The maximum atomic E-state index is 13.3. The first kappa shape index (κ1) is 24.2. The van der Waals surface area contributed by atoms with Gasteiger partial charge in [0.15, 0.2) is 6.61 Å². The molecule has 0 fully saturated rings. The van der Waals surface area contributed by atoms with Crippen molar-refractivity contribution in [1.82, 2.24) is 5.43 Å². The number of carbonyl (C=O) groups excluding carboxylic acids is 1. The zero-order chi connectivity index (χ0) is 24.2. The van der Waals surface area contributed by atoms with Crippen molar-refractivity contribution >= 4 is 17.3 Å². The lowest BCUT2D eigenvalue weighted by molar-refractivity contribution is -0.274. The highest BCUT2D eigenvalue weighted by atomic mass is 19.4. The normalized spacial score (nSPS) is 16.4. The van der Waals surface area contributed by atoms with Gasteiger partial charge in [0.1, 0.15) is 11.8 Å². The molecule has 33 heavy (non-hydrogen) atoms. The molecule has 2 N–H and O–H groups in total. The van der Waals surface area contributed by atoms with E-state index in [0.717, 1.165) is 28.8 Å². The number of benzene rings is 2. The zero-order valence-electron chi connectivity index (χ0n) is 17.1. The Balaban J connectivity index is 1.67. The van der Waals surface area contributed by atoms with Crippen LogP contribution in [0, 0.1) is 0 Å². The van der Waals surface area contributed by atoms with Crippen molar-refractivity contribution in [3.8, 4) is 5.75 Å². The third-order valence-corrected chi connectivity index (χ3v) is 4.49. The van der Waals surface area contributed by atoms with Crippen LogP contribution in [0.3, 0.4) is 0 Å². The van der Waals surface area contributed by atoms with Gasteiger partial charge in [-0.3, -0.25) is 4.79 Å². The Morgan fingerprint density at radius 2 is 1.73 bits per heavy atom. The van der Waals surface area contributed by atoms with Gasteiger partial charge in [0.25, 0.3) is 5.91 Å². The van der Waals surface area contributed by atoms with Crippen molar-refractivity contribution in [1.29, 1.82) is 0 Å². The quantitative estimate of drug-likeness (QED) is 0.558. The van der Waals surface area contributed by atoms with Gasteiger partial charge in [0.05, 0.1) is 5.69 Å². The summed E-state index contributed by atoms with van der Waals surface area (Å²) in [6.45, 7) is 1.21. The number of halogens is 6. The number of alkyl halides is 6. The van der Waals surface area contributed by atoms with E-state index in [2.05, 4.69) is 15.5 Å². The van der Waals surface area contributed by atoms with Crippen LogP contribution < -0.4 is 20.5 Å². The number of rotatable bonds is 7. The van der Waals surface area contributed by atoms with Crippen molar-refractivity contribution in [2.45, 2.75) is 31.9 Å². The molecule has 6 nitrogen and oxygen atoms in total. The predicted molar refractivity (Wildman–Crippen MR) is 107 cm³/mol. The molecule has 2 aromatic carbocycles. The lowest BCUT2D eigenvalue weighted by Crippen LogP contribution is -2.45. The summed E-state index contributed by atoms with van der Waals surface area (Å²) in [6.07, 6.45) is -8.07. The summed E-state index contributed by atoms with van der Waals surface area (Å²) in [4.78, 5) is 12.2. The topological polar surface area (TPSA) is 62.8 Å². The van der Waals surface area contributed by atoms with Crippen molar-refractivity contribution < 1.29 is 40.6 Å². The summed E-state index contributed by atoms with van der Waals surface area (Å²) in [7, 11) is 0. The van der Waals surface area contributed by atoms with Crippen LogP contribution in [0.1, 0.15) is 12.5 Å². The summed E-state index contributed by atoms with van der Waals surface area (Å²) < 4.78 is 85.6. The van der Waals surface area contributed by atoms with Crippen molar-refractivity contribution in [3.05, 3.63) is 66.1 Å². The number of nitrogens with zero attached hydrogens (tertiary/aromatic N) is 1. The summed E-state index contributed by atoms with van der Waals surface area (Å²) in [5, 5.41) is 3.52. The molecule has 178 valence electrons. The summed E-state index contributed by atoms with van der Waals surface area (Å²) in [6, 6.07) is 9.14. The van der Waals surface area contributed by atoms with E-state index in [1.807, 2.05) is 6.92 Å². The average Bonchev–Trinajstić information content (AvgIpc) is 3.17. The monoisotopic (exact) mass is 475 g/mol. The van der Waals surface area contributed by atoms with Gasteiger partial charge in [-0.2, -0.15) is 13.2 Å². The van der Waals surface area contributed by atoms with Crippen LogP contribution in [-0.4, -0.2) is 31.1 Å². The zero-order valence-corrected chi connectivity index (χ0v) is 17.1. The van der Waals surface area contributed by atoms with E-state index in [9.17, 15) is 31.1 Å². The average molecular weight is 475 g/mol. The summed E-state index contributed by atoms with van der Waals surface area (Å²) >= 11 is 0. The molecule has 0 spiro atoms. The van der Waals surface area contributed by atoms with Gasteiger partial charge >= 0.3 is 12.5 Å². The first-order chi connectivity index (χ1) is 15.5.